The molecule has 1 aliphatic rings. The Hall–Kier alpha value is -0.990. The highest BCUT2D eigenvalue weighted by Crippen LogP contribution is 2.12. The summed E-state index contributed by atoms with van der Waals surface area (Å²) in [6, 6.07) is 0.352. The first kappa shape index (κ1) is 15.4. The number of hydrogen-bond acceptors (Lipinski definition) is 5. The van der Waals surface area contributed by atoms with Crippen LogP contribution in [-0.4, -0.2) is 59.9 Å². The molecule has 1 aromatic rings. The summed E-state index contributed by atoms with van der Waals surface area (Å²) in [6.07, 6.45) is 2.58. The highest BCUT2D eigenvalue weighted by atomic mass is 32.2. The molecule has 0 saturated heterocycles. The van der Waals surface area contributed by atoms with Crippen molar-refractivity contribution in [1.29, 1.82) is 0 Å². The van der Waals surface area contributed by atoms with Crippen LogP contribution in [0, 0.1) is 6.92 Å². The van der Waals surface area contributed by atoms with Crippen LogP contribution in [0.2, 0.25) is 0 Å². The van der Waals surface area contributed by atoms with Crippen LogP contribution in [0.5, 0.6) is 0 Å². The Morgan fingerprint density at radius 1 is 1.45 bits per heavy atom. The van der Waals surface area contributed by atoms with Crippen molar-refractivity contribution >= 4 is 10.0 Å². The van der Waals surface area contributed by atoms with Crippen molar-refractivity contribution in [2.24, 2.45) is 0 Å². The Morgan fingerprint density at radius 3 is 2.90 bits per heavy atom. The zero-order valence-corrected chi connectivity index (χ0v) is 13.2. The van der Waals surface area contributed by atoms with Crippen LogP contribution in [0.4, 0.5) is 0 Å². The molecule has 0 bridgehead atoms. The van der Waals surface area contributed by atoms with Crippen LogP contribution in [0.1, 0.15) is 24.5 Å². The summed E-state index contributed by atoms with van der Waals surface area (Å²) in [5, 5.41) is 7.77. The van der Waals surface area contributed by atoms with Crippen molar-refractivity contribution in [1.82, 2.24) is 24.4 Å². The molecular formula is C12H23N5O2S. The molecule has 0 amide bonds. The van der Waals surface area contributed by atoms with Crippen molar-refractivity contribution in [3.05, 3.63) is 11.6 Å². The van der Waals surface area contributed by atoms with E-state index in [1.54, 1.807) is 14.1 Å². The lowest BCUT2D eigenvalue weighted by molar-refractivity contribution is 0.359. The highest BCUT2D eigenvalue weighted by Gasteiger charge is 2.20. The first-order chi connectivity index (χ1) is 9.38. The lowest BCUT2D eigenvalue weighted by atomic mass is 10.1. The van der Waals surface area contributed by atoms with E-state index < -0.39 is 10.0 Å². The van der Waals surface area contributed by atoms with E-state index >= 15 is 0 Å². The van der Waals surface area contributed by atoms with Gasteiger partial charge in [0.2, 0.25) is 10.0 Å². The Morgan fingerprint density at radius 2 is 2.20 bits per heavy atom. The quantitative estimate of drug-likeness (QED) is 0.734. The average Bonchev–Trinajstić information content (AvgIpc) is 2.73. The van der Waals surface area contributed by atoms with Crippen LogP contribution in [-0.2, 0) is 23.0 Å². The van der Waals surface area contributed by atoms with Gasteiger partial charge in [-0.2, -0.15) is 5.10 Å². The van der Waals surface area contributed by atoms with Crippen LogP contribution >= 0.6 is 0 Å². The fourth-order valence-corrected chi connectivity index (χ4v) is 3.22. The molecule has 8 heteroatoms. The van der Waals surface area contributed by atoms with Crippen molar-refractivity contribution in [2.45, 2.75) is 38.8 Å². The molecule has 1 aliphatic heterocycles. The van der Waals surface area contributed by atoms with E-state index in [-0.39, 0.29) is 5.75 Å². The van der Waals surface area contributed by atoms with Gasteiger partial charge in [-0.25, -0.2) is 22.4 Å². The molecule has 0 radical (unpaired) electrons. The Balaban J connectivity index is 1.74. The number of nitrogens with one attached hydrogen (secondary N) is 1. The molecule has 0 saturated carbocycles. The van der Waals surface area contributed by atoms with E-state index in [1.165, 1.54) is 4.31 Å². The molecule has 1 N–H and O–H groups in total. The molecule has 20 heavy (non-hydrogen) atoms. The van der Waals surface area contributed by atoms with E-state index in [4.69, 9.17) is 0 Å². The van der Waals surface area contributed by atoms with Gasteiger partial charge in [0.05, 0.1) is 12.3 Å². The third-order valence-electron chi connectivity index (χ3n) is 3.53. The maximum atomic E-state index is 11.6. The molecule has 0 aliphatic carbocycles. The zero-order valence-electron chi connectivity index (χ0n) is 12.3. The van der Waals surface area contributed by atoms with E-state index in [2.05, 4.69) is 15.4 Å². The number of nitrogens with zero attached hydrogens (tertiary/aromatic N) is 4. The van der Waals surface area contributed by atoms with Gasteiger partial charge in [0.25, 0.3) is 0 Å². The van der Waals surface area contributed by atoms with E-state index in [9.17, 15) is 8.42 Å². The SMILES string of the molecule is Cc1nc2n(n1)C[C@@H](NCCCS(=O)(=O)N(C)C)CC2. The van der Waals surface area contributed by atoms with E-state index in [0.29, 0.717) is 19.0 Å². The third-order valence-corrected chi connectivity index (χ3v) is 5.45. The molecule has 0 fully saturated rings. The summed E-state index contributed by atoms with van der Waals surface area (Å²) in [6.45, 7) is 3.43. The minimum absolute atomic E-state index is 0.188. The van der Waals surface area contributed by atoms with Gasteiger partial charge in [-0.05, 0) is 26.3 Å². The summed E-state index contributed by atoms with van der Waals surface area (Å²) < 4.78 is 26.5. The molecule has 1 aromatic heterocycles. The Bertz CT molecular complexity index is 552. The molecule has 1 atom stereocenters. The van der Waals surface area contributed by atoms with E-state index in [0.717, 1.165) is 31.0 Å². The van der Waals surface area contributed by atoms with Crippen LogP contribution < -0.4 is 5.32 Å². The number of fused-ring (bicyclic) bond motifs is 1. The van der Waals surface area contributed by atoms with E-state index in [1.807, 2.05) is 11.6 Å². The first-order valence-electron chi connectivity index (χ1n) is 6.92. The Labute approximate surface area is 120 Å². The van der Waals surface area contributed by atoms with Gasteiger partial charge >= 0.3 is 0 Å². The predicted molar refractivity (Wildman–Crippen MR) is 77.0 cm³/mol. The van der Waals surface area contributed by atoms with Crippen LogP contribution in [0.15, 0.2) is 0 Å². The molecule has 114 valence electrons. The standard InChI is InChI=1S/C12H23N5O2S/c1-10-14-12-6-5-11(9-17(12)15-10)13-7-4-8-20(18,19)16(2)3/h11,13H,4-9H2,1-3H3/t11-/m0/s1. The molecule has 7 nitrogen and oxygen atoms in total. The fourth-order valence-electron chi connectivity index (χ4n) is 2.34. The molecule has 0 unspecified atom stereocenters. The van der Waals surface area contributed by atoms with Crippen LogP contribution in [0.25, 0.3) is 0 Å². The maximum Gasteiger partial charge on any atom is 0.213 e. The predicted octanol–water partition coefficient (Wildman–Crippen LogP) is -0.228. The summed E-state index contributed by atoms with van der Waals surface area (Å²) in [7, 11) is 0.0552. The largest absolute Gasteiger partial charge is 0.312 e. The number of aryl methyl sites for hydroxylation is 2. The lowest BCUT2D eigenvalue weighted by Crippen LogP contribution is -2.39. The number of sulfonamides is 1. The minimum Gasteiger partial charge on any atom is -0.312 e. The summed E-state index contributed by atoms with van der Waals surface area (Å²) >= 11 is 0. The minimum atomic E-state index is -3.08. The Kier molecular flexibility index (Phi) is 4.77. The van der Waals surface area contributed by atoms with Gasteiger partial charge in [-0.3, -0.25) is 0 Å². The zero-order chi connectivity index (χ0) is 14.8. The van der Waals surface area contributed by atoms with Crippen molar-refractivity contribution in [2.75, 3.05) is 26.4 Å². The van der Waals surface area contributed by atoms with Crippen molar-refractivity contribution in [3.8, 4) is 0 Å². The monoisotopic (exact) mass is 301 g/mol. The van der Waals surface area contributed by atoms with Gasteiger partial charge in [0.1, 0.15) is 11.6 Å². The second-order valence-corrected chi connectivity index (χ2v) is 7.70. The topological polar surface area (TPSA) is 80.1 Å². The summed E-state index contributed by atoms with van der Waals surface area (Å²) in [5.74, 6) is 2.06. The summed E-state index contributed by atoms with van der Waals surface area (Å²) in [5.41, 5.74) is 0. The first-order valence-corrected chi connectivity index (χ1v) is 8.53. The summed E-state index contributed by atoms with van der Waals surface area (Å²) in [4.78, 5) is 4.37. The average molecular weight is 301 g/mol. The van der Waals surface area contributed by atoms with Gasteiger partial charge in [-0.1, -0.05) is 0 Å². The normalized spacial score (nSPS) is 19.3. The highest BCUT2D eigenvalue weighted by molar-refractivity contribution is 7.89. The molecule has 2 rings (SSSR count). The van der Waals surface area contributed by atoms with Crippen molar-refractivity contribution < 1.29 is 8.42 Å². The van der Waals surface area contributed by atoms with Gasteiger partial charge in [0, 0.05) is 26.6 Å². The third kappa shape index (κ3) is 3.77. The van der Waals surface area contributed by atoms with Gasteiger partial charge in [-0.15, -0.1) is 0 Å². The fraction of sp³-hybridized carbons (Fsp3) is 0.833. The smallest absolute Gasteiger partial charge is 0.213 e. The number of aromatic nitrogens is 3. The second kappa shape index (κ2) is 6.19. The van der Waals surface area contributed by atoms with Crippen molar-refractivity contribution in [3.63, 3.8) is 0 Å². The number of rotatable bonds is 6. The van der Waals surface area contributed by atoms with Crippen LogP contribution in [0.3, 0.4) is 0 Å². The molecule has 0 aromatic carbocycles. The maximum absolute atomic E-state index is 11.6. The van der Waals surface area contributed by atoms with Gasteiger partial charge < -0.3 is 5.32 Å². The molecule has 2 heterocycles. The number of hydrogen-bond donors (Lipinski definition) is 1. The second-order valence-electron chi connectivity index (χ2n) is 5.40. The molecular weight excluding hydrogens is 278 g/mol. The lowest BCUT2D eigenvalue weighted by Gasteiger charge is -2.23. The van der Waals surface area contributed by atoms with Gasteiger partial charge in [0.15, 0.2) is 0 Å². The molecule has 0 spiro atoms.